The molecule has 0 bridgehead atoms. The monoisotopic (exact) mass is 532 g/mol. The number of halogens is 1. The maximum absolute atomic E-state index is 13.8. The summed E-state index contributed by atoms with van der Waals surface area (Å²) in [5, 5.41) is 4.50. The fourth-order valence-corrected chi connectivity index (χ4v) is 6.15. The summed E-state index contributed by atoms with van der Waals surface area (Å²) < 4.78 is 0. The van der Waals surface area contributed by atoms with Gasteiger partial charge >= 0.3 is 0 Å². The van der Waals surface area contributed by atoms with Gasteiger partial charge in [0.1, 0.15) is 5.82 Å². The third-order valence-corrected chi connectivity index (χ3v) is 8.25. The number of aryl methyl sites for hydroxylation is 3. The fraction of sp³-hybridized carbons (Fsp3) is 0.433. The van der Waals surface area contributed by atoms with E-state index in [1.165, 1.54) is 5.56 Å². The first-order valence-electron chi connectivity index (χ1n) is 13.5. The van der Waals surface area contributed by atoms with Gasteiger partial charge in [0.25, 0.3) is 5.91 Å². The molecular weight excluding hydrogens is 496 g/mol. The SMILES string of the molecule is Cc1cc(C)c(C(=O)N2CCN(c3cccnc3C)CC2)c(C)c1NC1CCN(c2ncccc2Cl)CC1. The summed E-state index contributed by atoms with van der Waals surface area (Å²) in [7, 11) is 0. The molecule has 8 heteroatoms. The number of hydrogen-bond donors (Lipinski definition) is 1. The molecule has 3 aromatic rings. The minimum absolute atomic E-state index is 0.130. The lowest BCUT2D eigenvalue weighted by atomic mass is 9.94. The number of anilines is 3. The summed E-state index contributed by atoms with van der Waals surface area (Å²) in [4.78, 5) is 29.3. The van der Waals surface area contributed by atoms with Crippen molar-refractivity contribution in [3.63, 3.8) is 0 Å². The zero-order valence-corrected chi connectivity index (χ0v) is 23.6. The molecule has 2 fully saturated rings. The highest BCUT2D eigenvalue weighted by Gasteiger charge is 2.28. The molecule has 1 N–H and O–H groups in total. The molecule has 0 unspecified atom stereocenters. The van der Waals surface area contributed by atoms with Gasteiger partial charge in [0.05, 0.1) is 16.4 Å². The van der Waals surface area contributed by atoms with Crippen LogP contribution in [-0.2, 0) is 0 Å². The predicted octanol–water partition coefficient (Wildman–Crippen LogP) is 5.41. The maximum Gasteiger partial charge on any atom is 0.254 e. The Hall–Kier alpha value is -3.32. The molecule has 0 radical (unpaired) electrons. The summed E-state index contributed by atoms with van der Waals surface area (Å²) in [6.07, 6.45) is 5.59. The Balaban J connectivity index is 1.26. The minimum Gasteiger partial charge on any atom is -0.382 e. The van der Waals surface area contributed by atoms with E-state index in [1.54, 1.807) is 6.20 Å². The summed E-state index contributed by atoms with van der Waals surface area (Å²) in [6, 6.07) is 10.3. The first-order chi connectivity index (χ1) is 18.3. The zero-order chi connectivity index (χ0) is 26.8. The van der Waals surface area contributed by atoms with Gasteiger partial charge in [-0.3, -0.25) is 9.78 Å². The number of pyridine rings is 2. The van der Waals surface area contributed by atoms with Crippen molar-refractivity contribution in [1.82, 2.24) is 14.9 Å². The first-order valence-corrected chi connectivity index (χ1v) is 13.9. The molecule has 0 saturated carbocycles. The van der Waals surface area contributed by atoms with Gasteiger partial charge in [0.15, 0.2) is 0 Å². The average Bonchev–Trinajstić information content (AvgIpc) is 2.92. The highest BCUT2D eigenvalue weighted by molar-refractivity contribution is 6.32. The standard InChI is InChI=1S/C30H37ClN6O/c1-20-19-21(2)28(34-24-9-13-36(14-10-24)29-25(31)7-5-12-33-29)22(3)27(20)30(38)37-17-15-35(16-18-37)26-8-6-11-32-23(26)4/h5-8,11-12,19,24,34H,9-10,13-18H2,1-4H3. The number of hydrogen-bond acceptors (Lipinski definition) is 6. The highest BCUT2D eigenvalue weighted by Crippen LogP contribution is 2.32. The van der Waals surface area contributed by atoms with Crippen molar-refractivity contribution in [2.24, 2.45) is 0 Å². The Labute approximate surface area is 230 Å². The van der Waals surface area contributed by atoms with Crippen LogP contribution in [0, 0.1) is 27.7 Å². The van der Waals surface area contributed by atoms with Crippen molar-refractivity contribution in [2.75, 3.05) is 54.4 Å². The number of carbonyl (C=O) groups is 1. The smallest absolute Gasteiger partial charge is 0.254 e. The fourth-order valence-electron chi connectivity index (χ4n) is 5.91. The number of piperidine rings is 1. The van der Waals surface area contributed by atoms with Gasteiger partial charge in [-0.05, 0) is 81.5 Å². The molecule has 0 aliphatic carbocycles. The topological polar surface area (TPSA) is 64.6 Å². The second-order valence-electron chi connectivity index (χ2n) is 10.5. The normalized spacial score (nSPS) is 16.6. The number of aromatic nitrogens is 2. The van der Waals surface area contributed by atoms with Crippen molar-refractivity contribution in [3.8, 4) is 0 Å². The van der Waals surface area contributed by atoms with Crippen LogP contribution in [0.1, 0.15) is 45.6 Å². The number of piperazine rings is 1. The van der Waals surface area contributed by atoms with E-state index >= 15 is 0 Å². The molecule has 7 nitrogen and oxygen atoms in total. The van der Waals surface area contributed by atoms with Crippen molar-refractivity contribution in [2.45, 2.75) is 46.6 Å². The van der Waals surface area contributed by atoms with Crippen molar-refractivity contribution < 1.29 is 4.79 Å². The van der Waals surface area contributed by atoms with Gasteiger partial charge < -0.3 is 20.0 Å². The van der Waals surface area contributed by atoms with Crippen LogP contribution >= 0.6 is 11.6 Å². The second-order valence-corrected chi connectivity index (χ2v) is 10.9. The molecule has 5 rings (SSSR count). The number of carbonyl (C=O) groups excluding carboxylic acids is 1. The van der Waals surface area contributed by atoms with Crippen LogP contribution in [0.25, 0.3) is 0 Å². The predicted molar refractivity (Wildman–Crippen MR) is 156 cm³/mol. The van der Waals surface area contributed by atoms with E-state index in [0.717, 1.165) is 78.6 Å². The van der Waals surface area contributed by atoms with Crippen LogP contribution in [-0.4, -0.2) is 66.1 Å². The molecule has 38 heavy (non-hydrogen) atoms. The molecule has 0 atom stereocenters. The van der Waals surface area contributed by atoms with Crippen LogP contribution in [0.5, 0.6) is 0 Å². The molecule has 1 aromatic carbocycles. The third kappa shape index (κ3) is 5.30. The Bertz CT molecular complexity index is 1310. The molecule has 2 aromatic heterocycles. The van der Waals surface area contributed by atoms with E-state index in [0.29, 0.717) is 24.2 Å². The van der Waals surface area contributed by atoms with E-state index in [4.69, 9.17) is 11.6 Å². The Morgan fingerprint density at radius 2 is 1.58 bits per heavy atom. The lowest BCUT2D eigenvalue weighted by Gasteiger charge is -2.37. The average molecular weight is 533 g/mol. The molecule has 2 aliphatic heterocycles. The van der Waals surface area contributed by atoms with Crippen LogP contribution < -0.4 is 15.1 Å². The van der Waals surface area contributed by atoms with Crippen molar-refractivity contribution in [3.05, 3.63) is 75.7 Å². The van der Waals surface area contributed by atoms with Gasteiger partial charge in [0.2, 0.25) is 0 Å². The molecule has 2 saturated heterocycles. The minimum atomic E-state index is 0.130. The molecule has 2 aliphatic rings. The summed E-state index contributed by atoms with van der Waals surface area (Å²) in [6.45, 7) is 13.1. The molecular formula is C30H37ClN6O. The lowest BCUT2D eigenvalue weighted by molar-refractivity contribution is 0.0745. The Kier molecular flexibility index (Phi) is 7.75. The van der Waals surface area contributed by atoms with Crippen molar-refractivity contribution >= 4 is 34.7 Å². The summed E-state index contributed by atoms with van der Waals surface area (Å²) in [5.74, 6) is 0.993. The molecule has 0 spiro atoms. The largest absolute Gasteiger partial charge is 0.382 e. The van der Waals surface area contributed by atoms with E-state index < -0.39 is 0 Å². The Morgan fingerprint density at radius 1 is 0.895 bits per heavy atom. The number of benzene rings is 1. The van der Waals surface area contributed by atoms with Gasteiger partial charge in [-0.15, -0.1) is 0 Å². The van der Waals surface area contributed by atoms with Crippen LogP contribution in [0.3, 0.4) is 0 Å². The number of nitrogens with one attached hydrogen (secondary N) is 1. The highest BCUT2D eigenvalue weighted by atomic mass is 35.5. The summed E-state index contributed by atoms with van der Waals surface area (Å²) >= 11 is 6.38. The third-order valence-electron chi connectivity index (χ3n) is 7.95. The number of nitrogens with zero attached hydrogens (tertiary/aromatic N) is 5. The summed E-state index contributed by atoms with van der Waals surface area (Å²) in [5.41, 5.74) is 7.39. The van der Waals surface area contributed by atoms with E-state index in [-0.39, 0.29) is 5.91 Å². The lowest BCUT2D eigenvalue weighted by Crippen LogP contribution is -2.49. The van der Waals surface area contributed by atoms with Crippen LogP contribution in [0.4, 0.5) is 17.2 Å². The van der Waals surface area contributed by atoms with Gasteiger partial charge in [-0.25, -0.2) is 4.98 Å². The second kappa shape index (κ2) is 11.2. The van der Waals surface area contributed by atoms with Crippen LogP contribution in [0.2, 0.25) is 5.02 Å². The van der Waals surface area contributed by atoms with Gasteiger partial charge in [-0.1, -0.05) is 17.7 Å². The first kappa shape index (κ1) is 26.3. The van der Waals surface area contributed by atoms with E-state index in [9.17, 15) is 4.79 Å². The molecule has 1 amide bonds. The Morgan fingerprint density at radius 3 is 2.26 bits per heavy atom. The van der Waals surface area contributed by atoms with Crippen molar-refractivity contribution in [1.29, 1.82) is 0 Å². The quantitative estimate of drug-likeness (QED) is 0.474. The van der Waals surface area contributed by atoms with E-state index in [1.807, 2.05) is 36.2 Å². The maximum atomic E-state index is 13.8. The van der Waals surface area contributed by atoms with E-state index in [2.05, 4.69) is 58.0 Å². The molecule has 200 valence electrons. The van der Waals surface area contributed by atoms with Gasteiger partial charge in [0, 0.05) is 69.0 Å². The number of amides is 1. The number of rotatable bonds is 5. The van der Waals surface area contributed by atoms with Crippen LogP contribution in [0.15, 0.2) is 42.7 Å². The molecule has 4 heterocycles. The zero-order valence-electron chi connectivity index (χ0n) is 22.8. The van der Waals surface area contributed by atoms with Gasteiger partial charge in [-0.2, -0.15) is 0 Å².